The van der Waals surface area contributed by atoms with E-state index in [4.69, 9.17) is 0 Å². The Labute approximate surface area is 205 Å². The predicted octanol–water partition coefficient (Wildman–Crippen LogP) is 0.723. The molecular formula is C22H14NNaO7S. The van der Waals surface area contributed by atoms with Gasteiger partial charge in [-0.3, -0.25) is 14.9 Å². The molecule has 0 radical (unpaired) electrons. The number of rotatable bonds is 4. The zero-order chi connectivity index (χ0) is 22.3. The fraction of sp³-hybridized carbons (Fsp3) is 0.0455. The molecule has 0 saturated heterocycles. The van der Waals surface area contributed by atoms with E-state index >= 15 is 0 Å². The van der Waals surface area contributed by atoms with Gasteiger partial charge < -0.3 is 9.66 Å². The van der Waals surface area contributed by atoms with Gasteiger partial charge in [0.2, 0.25) is 0 Å². The summed E-state index contributed by atoms with van der Waals surface area (Å²) in [6.45, 7) is 0. The molecule has 1 unspecified atom stereocenters. The minimum Gasteiger partial charge on any atom is -0.744 e. The first-order valence-electron chi connectivity index (χ1n) is 9.06. The first kappa shape index (κ1) is 23.8. The molecule has 0 bridgehead atoms. The molecule has 0 saturated carbocycles. The van der Waals surface area contributed by atoms with E-state index in [-0.39, 0.29) is 46.4 Å². The first-order valence-corrected chi connectivity index (χ1v) is 10.5. The van der Waals surface area contributed by atoms with E-state index in [2.05, 4.69) is 0 Å². The number of nitro benzene ring substituents is 1. The summed E-state index contributed by atoms with van der Waals surface area (Å²) in [5.74, 6) is -1.63. The van der Waals surface area contributed by atoms with Crippen LogP contribution in [0.5, 0.6) is 5.75 Å². The van der Waals surface area contributed by atoms with Crippen LogP contribution in [0.2, 0.25) is 0 Å². The second-order valence-electron chi connectivity index (χ2n) is 6.96. The number of phenolic OH excluding ortho intramolecular Hbond substituents is 1. The largest absolute Gasteiger partial charge is 1.00 e. The second kappa shape index (κ2) is 8.97. The van der Waals surface area contributed by atoms with Crippen molar-refractivity contribution in [3.8, 4) is 5.75 Å². The number of benzene rings is 3. The van der Waals surface area contributed by atoms with Gasteiger partial charge in [0.25, 0.3) is 5.69 Å². The maximum atomic E-state index is 12.6. The van der Waals surface area contributed by atoms with Gasteiger partial charge in [-0.1, -0.05) is 54.6 Å². The van der Waals surface area contributed by atoms with Crippen molar-refractivity contribution in [1.82, 2.24) is 0 Å². The van der Waals surface area contributed by atoms with Gasteiger partial charge in [0.05, 0.1) is 15.7 Å². The molecule has 3 aromatic carbocycles. The first-order chi connectivity index (χ1) is 14.7. The fourth-order valence-corrected chi connectivity index (χ4v) is 4.31. The Bertz CT molecular complexity index is 1430. The Balaban J connectivity index is 0.00000289. The van der Waals surface area contributed by atoms with E-state index in [9.17, 15) is 33.0 Å². The van der Waals surface area contributed by atoms with Crippen LogP contribution >= 0.6 is 0 Å². The van der Waals surface area contributed by atoms with Crippen LogP contribution in [0.1, 0.15) is 22.6 Å². The summed E-state index contributed by atoms with van der Waals surface area (Å²) in [6.07, 6.45) is 3.67. The van der Waals surface area contributed by atoms with Crippen molar-refractivity contribution in [3.63, 3.8) is 0 Å². The monoisotopic (exact) mass is 459 g/mol. The van der Waals surface area contributed by atoms with Gasteiger partial charge in [-0.05, 0) is 10.9 Å². The SMILES string of the molecule is O=C1C=C(S(=O)(=O)[O-])c2cc([N+](=O)[O-])ccc2C1C=Cc1ccc2ccccc2c1O.[Na+]. The molecule has 1 aliphatic carbocycles. The molecule has 156 valence electrons. The van der Waals surface area contributed by atoms with Crippen molar-refractivity contribution in [2.75, 3.05) is 0 Å². The second-order valence-corrected chi connectivity index (χ2v) is 8.30. The Morgan fingerprint density at radius 1 is 1.06 bits per heavy atom. The predicted molar refractivity (Wildman–Crippen MR) is 113 cm³/mol. The minimum absolute atomic E-state index is 0. The van der Waals surface area contributed by atoms with Crippen LogP contribution in [0.25, 0.3) is 21.8 Å². The summed E-state index contributed by atoms with van der Waals surface area (Å²) in [7, 11) is -5.03. The Morgan fingerprint density at radius 2 is 1.78 bits per heavy atom. The van der Waals surface area contributed by atoms with Crippen LogP contribution in [-0.2, 0) is 14.9 Å². The minimum atomic E-state index is -5.03. The molecule has 10 heteroatoms. The summed E-state index contributed by atoms with van der Waals surface area (Å²) >= 11 is 0. The number of hydrogen-bond acceptors (Lipinski definition) is 7. The van der Waals surface area contributed by atoms with Gasteiger partial charge in [0, 0.05) is 34.7 Å². The molecule has 0 aromatic heterocycles. The Kier molecular flexibility index (Phi) is 6.68. The van der Waals surface area contributed by atoms with E-state index < -0.39 is 37.3 Å². The van der Waals surface area contributed by atoms with Crippen molar-refractivity contribution >= 4 is 43.3 Å². The zero-order valence-electron chi connectivity index (χ0n) is 16.8. The third kappa shape index (κ3) is 4.38. The Hall–Kier alpha value is -2.82. The summed E-state index contributed by atoms with van der Waals surface area (Å²) in [5, 5.41) is 23.1. The number of aromatic hydroxyl groups is 1. The number of nitrogens with zero attached hydrogens (tertiary/aromatic N) is 1. The van der Waals surface area contributed by atoms with Crippen molar-refractivity contribution in [1.29, 1.82) is 0 Å². The quantitative estimate of drug-likeness (QED) is 0.263. The number of phenols is 1. The average Bonchev–Trinajstić information content (AvgIpc) is 2.73. The molecule has 1 N–H and O–H groups in total. The summed E-state index contributed by atoms with van der Waals surface area (Å²) < 4.78 is 34.9. The van der Waals surface area contributed by atoms with Gasteiger partial charge in [0.1, 0.15) is 15.9 Å². The fourth-order valence-electron chi connectivity index (χ4n) is 3.60. The van der Waals surface area contributed by atoms with Gasteiger partial charge in [-0.2, -0.15) is 0 Å². The normalized spacial score (nSPS) is 15.8. The van der Waals surface area contributed by atoms with Crippen LogP contribution in [-0.4, -0.2) is 28.8 Å². The van der Waals surface area contributed by atoms with Crippen LogP contribution in [0.3, 0.4) is 0 Å². The third-order valence-electron chi connectivity index (χ3n) is 5.10. The van der Waals surface area contributed by atoms with E-state index in [1.54, 1.807) is 24.3 Å². The number of carbonyl (C=O) groups is 1. The van der Waals surface area contributed by atoms with Crippen LogP contribution < -0.4 is 29.6 Å². The number of nitro groups is 1. The molecule has 0 amide bonds. The van der Waals surface area contributed by atoms with Gasteiger partial charge in [-0.25, -0.2) is 8.42 Å². The number of non-ortho nitro benzene ring substituents is 1. The summed E-state index contributed by atoms with van der Waals surface area (Å²) in [6, 6.07) is 14.0. The molecular weight excluding hydrogens is 445 g/mol. The van der Waals surface area contributed by atoms with Crippen molar-refractivity contribution < 1.29 is 57.4 Å². The molecule has 0 heterocycles. The van der Waals surface area contributed by atoms with E-state index in [0.717, 1.165) is 17.5 Å². The maximum Gasteiger partial charge on any atom is 1.00 e. The van der Waals surface area contributed by atoms with E-state index in [1.165, 1.54) is 18.2 Å². The maximum absolute atomic E-state index is 12.6. The van der Waals surface area contributed by atoms with Gasteiger partial charge >= 0.3 is 29.6 Å². The smallest absolute Gasteiger partial charge is 0.744 e. The van der Waals surface area contributed by atoms with Gasteiger partial charge in [-0.15, -0.1) is 0 Å². The molecule has 32 heavy (non-hydrogen) atoms. The molecule has 3 aromatic rings. The molecule has 0 spiro atoms. The number of fused-ring (bicyclic) bond motifs is 2. The molecule has 0 fully saturated rings. The number of carbonyl (C=O) groups excluding carboxylic acids is 1. The molecule has 4 rings (SSSR count). The van der Waals surface area contributed by atoms with Crippen LogP contribution in [0, 0.1) is 10.1 Å². The van der Waals surface area contributed by atoms with E-state index in [0.29, 0.717) is 17.0 Å². The van der Waals surface area contributed by atoms with Crippen LogP contribution in [0.4, 0.5) is 5.69 Å². The topological polar surface area (TPSA) is 138 Å². The molecule has 8 nitrogen and oxygen atoms in total. The van der Waals surface area contributed by atoms with Gasteiger partial charge in [0.15, 0.2) is 5.78 Å². The van der Waals surface area contributed by atoms with Crippen LogP contribution in [0.15, 0.2) is 66.7 Å². The Morgan fingerprint density at radius 3 is 2.47 bits per heavy atom. The molecule has 0 aliphatic heterocycles. The van der Waals surface area contributed by atoms with Crippen molar-refractivity contribution in [2.24, 2.45) is 0 Å². The molecule has 1 atom stereocenters. The summed E-state index contributed by atoms with van der Waals surface area (Å²) in [4.78, 5) is 22.2. The number of allylic oxidation sites excluding steroid dienone is 2. The van der Waals surface area contributed by atoms with Crippen molar-refractivity contribution in [3.05, 3.63) is 93.6 Å². The number of hydrogen-bond donors (Lipinski definition) is 1. The summed E-state index contributed by atoms with van der Waals surface area (Å²) in [5.41, 5.74) is 0.00368. The third-order valence-corrected chi connectivity index (χ3v) is 5.97. The number of ketones is 1. The van der Waals surface area contributed by atoms with Crippen molar-refractivity contribution in [2.45, 2.75) is 5.92 Å². The van der Waals surface area contributed by atoms with E-state index in [1.807, 2.05) is 12.1 Å². The average molecular weight is 459 g/mol. The zero-order valence-corrected chi connectivity index (χ0v) is 19.6. The molecule has 1 aliphatic rings. The standard InChI is InChI=1S/C22H15NO7S.Na/c24-20-12-21(31(28,29)30)19-11-15(23(26)27)8-10-17(19)18(20)9-7-14-6-5-13-3-1-2-4-16(13)22(14)25;/h1-12,18,25H,(H,28,29,30);/q;+1/p-1.